The lowest BCUT2D eigenvalue weighted by molar-refractivity contribution is 0.405. The predicted octanol–water partition coefficient (Wildman–Crippen LogP) is 3.18. The van der Waals surface area contributed by atoms with E-state index in [1.165, 1.54) is 20.3 Å². The summed E-state index contributed by atoms with van der Waals surface area (Å²) >= 11 is 1.06. The maximum atomic E-state index is 12.7. The second-order valence-electron chi connectivity index (χ2n) is 5.18. The van der Waals surface area contributed by atoms with Crippen molar-refractivity contribution in [2.45, 2.75) is 17.6 Å². The molecule has 0 atom stereocenters. The van der Waals surface area contributed by atoms with Crippen molar-refractivity contribution < 1.29 is 22.3 Å². The van der Waals surface area contributed by atoms with Gasteiger partial charge in [0.1, 0.15) is 15.7 Å². The van der Waals surface area contributed by atoms with E-state index >= 15 is 0 Å². The Bertz CT molecular complexity index is 1010. The first-order valence-corrected chi connectivity index (χ1v) is 9.99. The summed E-state index contributed by atoms with van der Waals surface area (Å²) in [5.74, 6) is 1.68. The Hall–Kier alpha value is -2.59. The molecule has 0 spiro atoms. The molecule has 138 valence electrons. The van der Waals surface area contributed by atoms with Gasteiger partial charge in [0, 0.05) is 17.9 Å². The molecule has 8 nitrogen and oxygen atoms in total. The minimum atomic E-state index is -3.81. The maximum absolute atomic E-state index is 12.7. The van der Waals surface area contributed by atoms with Crippen LogP contribution in [0.15, 0.2) is 38.3 Å². The van der Waals surface area contributed by atoms with E-state index in [1.54, 1.807) is 23.6 Å². The predicted molar refractivity (Wildman–Crippen MR) is 97.3 cm³/mol. The number of aromatic nitrogens is 2. The summed E-state index contributed by atoms with van der Waals surface area (Å²) in [6, 6.07) is 6.35. The van der Waals surface area contributed by atoms with E-state index < -0.39 is 10.0 Å². The van der Waals surface area contributed by atoms with Crippen molar-refractivity contribution in [3.05, 3.63) is 35.5 Å². The molecule has 0 radical (unpaired) electrons. The van der Waals surface area contributed by atoms with Crippen LogP contribution in [0.5, 0.6) is 11.5 Å². The van der Waals surface area contributed by atoms with Gasteiger partial charge in [-0.1, -0.05) is 6.92 Å². The number of benzene rings is 1. The number of hydrogen-bond acceptors (Lipinski definition) is 8. The second-order valence-corrected chi connectivity index (χ2v) is 8.00. The van der Waals surface area contributed by atoms with Crippen molar-refractivity contribution in [3.8, 4) is 23.0 Å². The van der Waals surface area contributed by atoms with Gasteiger partial charge < -0.3 is 13.9 Å². The number of hydrogen-bond donors (Lipinski definition) is 1. The van der Waals surface area contributed by atoms with Gasteiger partial charge in [-0.15, -0.1) is 21.5 Å². The van der Waals surface area contributed by atoms with Crippen LogP contribution in [0.1, 0.15) is 12.8 Å². The highest BCUT2D eigenvalue weighted by Crippen LogP contribution is 2.33. The van der Waals surface area contributed by atoms with Crippen LogP contribution in [0.2, 0.25) is 0 Å². The largest absolute Gasteiger partial charge is 0.497 e. The second kappa shape index (κ2) is 7.34. The number of thiophene rings is 1. The van der Waals surface area contributed by atoms with Gasteiger partial charge in [-0.3, -0.25) is 4.72 Å². The molecule has 26 heavy (non-hydrogen) atoms. The first-order valence-electron chi connectivity index (χ1n) is 7.63. The van der Waals surface area contributed by atoms with Crippen molar-refractivity contribution in [1.82, 2.24) is 10.2 Å². The van der Waals surface area contributed by atoms with Gasteiger partial charge in [-0.25, -0.2) is 8.42 Å². The normalized spacial score (nSPS) is 11.3. The van der Waals surface area contributed by atoms with Crippen molar-refractivity contribution >= 4 is 27.0 Å². The van der Waals surface area contributed by atoms with Crippen molar-refractivity contribution in [1.29, 1.82) is 0 Å². The molecule has 1 aromatic carbocycles. The standard InChI is InChI=1S/C16H17N3O5S2/c1-4-14-17-18-16(24-14)10-7-15(25-9-10)26(20,21)19-12-8-11(22-2)5-6-13(12)23-3/h5-9,19H,4H2,1-3H3. The maximum Gasteiger partial charge on any atom is 0.271 e. The van der Waals surface area contributed by atoms with E-state index in [1.807, 2.05) is 6.92 Å². The Labute approximate surface area is 154 Å². The monoisotopic (exact) mass is 395 g/mol. The van der Waals surface area contributed by atoms with Gasteiger partial charge in [-0.2, -0.15) is 0 Å². The van der Waals surface area contributed by atoms with Crippen molar-refractivity contribution in [3.63, 3.8) is 0 Å². The van der Waals surface area contributed by atoms with Crippen LogP contribution in [-0.2, 0) is 16.4 Å². The Morgan fingerprint density at radius 2 is 2.00 bits per heavy atom. The molecule has 0 bridgehead atoms. The van der Waals surface area contributed by atoms with Crippen LogP contribution in [0.3, 0.4) is 0 Å². The molecule has 0 aliphatic rings. The van der Waals surface area contributed by atoms with Gasteiger partial charge in [-0.05, 0) is 18.2 Å². The smallest absolute Gasteiger partial charge is 0.271 e. The van der Waals surface area contributed by atoms with E-state index in [0.717, 1.165) is 11.3 Å². The summed E-state index contributed by atoms with van der Waals surface area (Å²) in [5, 5.41) is 9.47. The first kappa shape index (κ1) is 18.2. The van der Waals surface area contributed by atoms with Crippen molar-refractivity contribution in [2.75, 3.05) is 18.9 Å². The van der Waals surface area contributed by atoms with Crippen LogP contribution in [0.25, 0.3) is 11.5 Å². The first-order chi connectivity index (χ1) is 12.5. The number of ether oxygens (including phenoxy) is 2. The fraction of sp³-hybridized carbons (Fsp3) is 0.250. The highest BCUT2D eigenvalue weighted by atomic mass is 32.2. The number of anilines is 1. The summed E-state index contributed by atoms with van der Waals surface area (Å²) in [6.45, 7) is 1.90. The zero-order chi connectivity index (χ0) is 18.7. The number of nitrogens with zero attached hydrogens (tertiary/aromatic N) is 2. The van der Waals surface area contributed by atoms with Crippen LogP contribution in [0, 0.1) is 0 Å². The summed E-state index contributed by atoms with van der Waals surface area (Å²) < 4.78 is 43.9. The zero-order valence-corrected chi connectivity index (χ0v) is 16.0. The lowest BCUT2D eigenvalue weighted by atomic mass is 10.3. The third-order valence-corrected chi connectivity index (χ3v) is 6.31. The molecule has 10 heteroatoms. The molecule has 0 fully saturated rings. The van der Waals surface area contributed by atoms with Gasteiger partial charge in [0.05, 0.1) is 25.5 Å². The van der Waals surface area contributed by atoms with Gasteiger partial charge >= 0.3 is 0 Å². The van der Waals surface area contributed by atoms with E-state index in [4.69, 9.17) is 13.9 Å². The Kier molecular flexibility index (Phi) is 5.14. The molecular formula is C16H17N3O5S2. The lowest BCUT2D eigenvalue weighted by Crippen LogP contribution is -2.12. The zero-order valence-electron chi connectivity index (χ0n) is 14.3. The Balaban J connectivity index is 1.89. The minimum absolute atomic E-state index is 0.119. The number of sulfonamides is 1. The highest BCUT2D eigenvalue weighted by Gasteiger charge is 2.21. The van der Waals surface area contributed by atoms with Crippen LogP contribution in [0.4, 0.5) is 5.69 Å². The van der Waals surface area contributed by atoms with Gasteiger partial charge in [0.25, 0.3) is 10.0 Å². The average Bonchev–Trinajstić information content (AvgIpc) is 3.30. The quantitative estimate of drug-likeness (QED) is 0.655. The molecule has 0 unspecified atom stereocenters. The highest BCUT2D eigenvalue weighted by molar-refractivity contribution is 7.94. The molecule has 0 saturated heterocycles. The molecule has 3 aromatic rings. The van der Waals surface area contributed by atoms with Gasteiger partial charge in [0.2, 0.25) is 11.8 Å². The molecule has 0 aliphatic carbocycles. The third-order valence-electron chi connectivity index (χ3n) is 3.51. The van der Waals surface area contributed by atoms with E-state index in [0.29, 0.717) is 35.3 Å². The summed E-state index contributed by atoms with van der Waals surface area (Å²) in [5.41, 5.74) is 0.841. The molecular weight excluding hydrogens is 378 g/mol. The summed E-state index contributed by atoms with van der Waals surface area (Å²) in [7, 11) is -0.851. The van der Waals surface area contributed by atoms with Gasteiger partial charge in [0.15, 0.2) is 0 Å². The number of aryl methyl sites for hydroxylation is 1. The Morgan fingerprint density at radius 3 is 2.65 bits per heavy atom. The fourth-order valence-electron chi connectivity index (χ4n) is 2.17. The third kappa shape index (κ3) is 3.65. The molecule has 2 aromatic heterocycles. The SMILES string of the molecule is CCc1nnc(-c2csc(S(=O)(=O)Nc3cc(OC)ccc3OC)c2)o1. The van der Waals surface area contributed by atoms with E-state index in [-0.39, 0.29) is 9.90 Å². The summed E-state index contributed by atoms with van der Waals surface area (Å²) in [4.78, 5) is 0. The van der Waals surface area contributed by atoms with Crippen LogP contribution in [-0.4, -0.2) is 32.8 Å². The van der Waals surface area contributed by atoms with E-state index in [2.05, 4.69) is 14.9 Å². The number of nitrogens with one attached hydrogen (secondary N) is 1. The number of rotatable bonds is 7. The average molecular weight is 395 g/mol. The molecule has 0 aliphatic heterocycles. The summed E-state index contributed by atoms with van der Waals surface area (Å²) in [6.07, 6.45) is 0.611. The lowest BCUT2D eigenvalue weighted by Gasteiger charge is -2.12. The minimum Gasteiger partial charge on any atom is -0.497 e. The van der Waals surface area contributed by atoms with Crippen LogP contribution < -0.4 is 14.2 Å². The number of methoxy groups -OCH3 is 2. The van der Waals surface area contributed by atoms with E-state index in [9.17, 15) is 8.42 Å². The molecule has 2 heterocycles. The van der Waals surface area contributed by atoms with Crippen LogP contribution >= 0.6 is 11.3 Å². The molecule has 0 amide bonds. The Morgan fingerprint density at radius 1 is 1.19 bits per heavy atom. The molecule has 3 rings (SSSR count). The van der Waals surface area contributed by atoms with Crippen molar-refractivity contribution in [2.24, 2.45) is 0 Å². The fourth-order valence-corrected chi connectivity index (χ4v) is 4.39. The molecule has 0 saturated carbocycles. The molecule has 1 N–H and O–H groups in total. The topological polar surface area (TPSA) is 104 Å².